The summed E-state index contributed by atoms with van der Waals surface area (Å²) in [6.45, 7) is 4.88. The van der Waals surface area contributed by atoms with Crippen molar-refractivity contribution in [3.63, 3.8) is 0 Å². The molecular formula is C17H24N6O2. The van der Waals surface area contributed by atoms with Gasteiger partial charge in [-0.1, -0.05) is 5.16 Å². The Balaban J connectivity index is 1.57. The van der Waals surface area contributed by atoms with Crippen molar-refractivity contribution in [2.75, 3.05) is 26.2 Å². The van der Waals surface area contributed by atoms with E-state index in [1.165, 1.54) is 0 Å². The second kappa shape index (κ2) is 6.59. The third kappa shape index (κ3) is 2.95. The molecular weight excluding hydrogens is 320 g/mol. The summed E-state index contributed by atoms with van der Waals surface area (Å²) in [5, 5.41) is 11.7. The monoisotopic (exact) mass is 344 g/mol. The number of carbonyl (C=O) groups is 1. The molecule has 0 aromatic carbocycles. The van der Waals surface area contributed by atoms with Crippen LogP contribution in [-0.4, -0.2) is 56.9 Å². The molecule has 0 aliphatic carbocycles. The fourth-order valence-electron chi connectivity index (χ4n) is 4.04. The van der Waals surface area contributed by atoms with Crippen molar-refractivity contribution < 1.29 is 9.32 Å². The van der Waals surface area contributed by atoms with E-state index in [1.54, 1.807) is 6.20 Å². The Morgan fingerprint density at radius 3 is 2.92 bits per heavy atom. The molecule has 8 nitrogen and oxygen atoms in total. The number of nitrogens with one attached hydrogen (secondary N) is 1. The zero-order chi connectivity index (χ0) is 17.3. The molecule has 0 saturated carbocycles. The van der Waals surface area contributed by atoms with E-state index in [2.05, 4.69) is 20.6 Å². The zero-order valence-corrected chi connectivity index (χ0v) is 14.5. The van der Waals surface area contributed by atoms with Crippen molar-refractivity contribution >= 4 is 5.91 Å². The lowest BCUT2D eigenvalue weighted by Gasteiger charge is -2.42. The maximum absolute atomic E-state index is 13.5. The second-order valence-electron chi connectivity index (χ2n) is 7.00. The highest BCUT2D eigenvalue weighted by molar-refractivity contribution is 5.85. The maximum Gasteiger partial charge on any atom is 0.250 e. The van der Waals surface area contributed by atoms with Crippen molar-refractivity contribution in [2.45, 2.75) is 44.1 Å². The minimum atomic E-state index is -0.582. The van der Waals surface area contributed by atoms with E-state index >= 15 is 0 Å². The summed E-state index contributed by atoms with van der Waals surface area (Å²) in [5.74, 6) is 1.58. The van der Waals surface area contributed by atoms with Gasteiger partial charge in [0.1, 0.15) is 5.54 Å². The van der Waals surface area contributed by atoms with Gasteiger partial charge in [0.25, 0.3) is 5.91 Å². The van der Waals surface area contributed by atoms with Crippen LogP contribution in [0.15, 0.2) is 23.0 Å². The summed E-state index contributed by atoms with van der Waals surface area (Å²) in [5.41, 5.74) is -0.582. The Bertz CT molecular complexity index is 719. The Hall–Kier alpha value is -2.22. The number of hydrogen-bond donors (Lipinski definition) is 1. The van der Waals surface area contributed by atoms with Crippen LogP contribution < -0.4 is 5.32 Å². The fourth-order valence-corrected chi connectivity index (χ4v) is 4.04. The van der Waals surface area contributed by atoms with Gasteiger partial charge in [0.05, 0.1) is 5.92 Å². The second-order valence-corrected chi connectivity index (χ2v) is 7.00. The largest absolute Gasteiger partial charge is 0.340 e. The van der Waals surface area contributed by atoms with Gasteiger partial charge in [-0.05, 0) is 51.8 Å². The van der Waals surface area contributed by atoms with E-state index in [4.69, 9.17) is 4.52 Å². The molecule has 2 saturated heterocycles. The van der Waals surface area contributed by atoms with Crippen LogP contribution in [0.3, 0.4) is 0 Å². The first-order chi connectivity index (χ1) is 12.2. The summed E-state index contributed by atoms with van der Waals surface area (Å²) in [6, 6.07) is 1.89. The van der Waals surface area contributed by atoms with Crippen molar-refractivity contribution in [3.8, 4) is 0 Å². The first-order valence-corrected chi connectivity index (χ1v) is 8.99. The van der Waals surface area contributed by atoms with E-state index in [0.717, 1.165) is 45.3 Å². The number of hydrogen-bond acceptors (Lipinski definition) is 6. The molecule has 0 radical (unpaired) electrons. The number of nitrogens with zero attached hydrogens (tertiary/aromatic N) is 5. The molecule has 2 aromatic rings. The predicted octanol–water partition coefficient (Wildman–Crippen LogP) is 1.06. The molecule has 25 heavy (non-hydrogen) atoms. The minimum Gasteiger partial charge on any atom is -0.340 e. The molecule has 0 bridgehead atoms. The summed E-state index contributed by atoms with van der Waals surface area (Å²) in [7, 11) is 0. The van der Waals surface area contributed by atoms with Gasteiger partial charge in [-0.2, -0.15) is 10.1 Å². The third-order valence-electron chi connectivity index (χ3n) is 5.37. The van der Waals surface area contributed by atoms with E-state index in [0.29, 0.717) is 18.3 Å². The topological polar surface area (TPSA) is 89.1 Å². The van der Waals surface area contributed by atoms with Crippen molar-refractivity contribution in [2.24, 2.45) is 0 Å². The van der Waals surface area contributed by atoms with Crippen molar-refractivity contribution in [1.82, 2.24) is 30.1 Å². The average molecular weight is 344 g/mol. The highest BCUT2D eigenvalue weighted by Crippen LogP contribution is 2.33. The Kier molecular flexibility index (Phi) is 4.29. The molecule has 2 aromatic heterocycles. The number of carbonyl (C=O) groups excluding carboxylic acids is 1. The number of likely N-dealkylation sites (tertiary alicyclic amines) is 1. The molecule has 0 spiro atoms. The number of rotatable bonds is 3. The molecule has 2 fully saturated rings. The van der Waals surface area contributed by atoms with Gasteiger partial charge < -0.3 is 14.7 Å². The Morgan fingerprint density at radius 2 is 2.24 bits per heavy atom. The van der Waals surface area contributed by atoms with Crippen LogP contribution in [-0.2, 0) is 10.3 Å². The van der Waals surface area contributed by atoms with Crippen LogP contribution in [0, 0.1) is 6.92 Å². The molecule has 8 heteroatoms. The molecule has 2 aliphatic rings. The lowest BCUT2D eigenvalue weighted by Crippen LogP contribution is -2.57. The summed E-state index contributed by atoms with van der Waals surface area (Å²) in [6.07, 6.45) is 7.10. The van der Waals surface area contributed by atoms with Gasteiger partial charge >= 0.3 is 0 Å². The minimum absolute atomic E-state index is 0.121. The lowest BCUT2D eigenvalue weighted by molar-refractivity contribution is -0.144. The molecule has 1 unspecified atom stereocenters. The normalized spacial score (nSPS) is 23.6. The van der Waals surface area contributed by atoms with E-state index in [-0.39, 0.29) is 11.8 Å². The van der Waals surface area contributed by atoms with Crippen LogP contribution in [0.25, 0.3) is 0 Å². The molecule has 4 rings (SSSR count). The number of aromatic nitrogens is 4. The molecule has 2 aliphatic heterocycles. The van der Waals surface area contributed by atoms with Gasteiger partial charge in [0, 0.05) is 25.5 Å². The molecule has 1 amide bonds. The number of aryl methyl sites for hydroxylation is 1. The van der Waals surface area contributed by atoms with Crippen LogP contribution >= 0.6 is 0 Å². The highest BCUT2D eigenvalue weighted by atomic mass is 16.5. The van der Waals surface area contributed by atoms with Gasteiger partial charge in [-0.3, -0.25) is 9.48 Å². The Labute approximate surface area is 146 Å². The predicted molar refractivity (Wildman–Crippen MR) is 89.9 cm³/mol. The summed E-state index contributed by atoms with van der Waals surface area (Å²) >= 11 is 0. The molecule has 1 N–H and O–H groups in total. The average Bonchev–Trinajstić information content (AvgIpc) is 3.34. The van der Waals surface area contributed by atoms with Gasteiger partial charge in [-0.25, -0.2) is 0 Å². The van der Waals surface area contributed by atoms with E-state index < -0.39 is 5.54 Å². The first kappa shape index (κ1) is 16.3. The maximum atomic E-state index is 13.5. The van der Waals surface area contributed by atoms with Gasteiger partial charge in [0.15, 0.2) is 5.82 Å². The number of amides is 1. The highest BCUT2D eigenvalue weighted by Gasteiger charge is 2.45. The molecule has 1 atom stereocenters. The summed E-state index contributed by atoms with van der Waals surface area (Å²) < 4.78 is 7.21. The van der Waals surface area contributed by atoms with E-state index in [9.17, 15) is 4.79 Å². The van der Waals surface area contributed by atoms with Crippen molar-refractivity contribution in [1.29, 1.82) is 0 Å². The number of piperidine rings is 2. The fraction of sp³-hybridized carbons (Fsp3) is 0.647. The Morgan fingerprint density at radius 1 is 1.40 bits per heavy atom. The molecule has 4 heterocycles. The standard InChI is InChI=1S/C17H24N6O2/c1-13-20-15(25-21-13)14-4-2-10-22(12-14)16(24)17(5-8-18-9-6-17)23-11-3-7-19-23/h3,7,11,14,18H,2,4-6,8-10,12H2,1H3. The zero-order valence-electron chi connectivity index (χ0n) is 14.5. The molecule has 134 valence electrons. The summed E-state index contributed by atoms with van der Waals surface area (Å²) in [4.78, 5) is 19.9. The van der Waals surface area contributed by atoms with E-state index in [1.807, 2.05) is 28.8 Å². The smallest absolute Gasteiger partial charge is 0.250 e. The first-order valence-electron chi connectivity index (χ1n) is 8.99. The third-order valence-corrected chi connectivity index (χ3v) is 5.37. The van der Waals surface area contributed by atoms with Gasteiger partial charge in [0.2, 0.25) is 5.89 Å². The van der Waals surface area contributed by atoms with Gasteiger partial charge in [-0.15, -0.1) is 0 Å². The lowest BCUT2D eigenvalue weighted by atomic mass is 9.85. The SMILES string of the molecule is Cc1noc(C2CCCN(C(=O)C3(n4cccn4)CCNCC3)C2)n1. The van der Waals surface area contributed by atoms with Crippen molar-refractivity contribution in [3.05, 3.63) is 30.2 Å². The van der Waals surface area contributed by atoms with Crippen LogP contribution in [0.2, 0.25) is 0 Å². The quantitative estimate of drug-likeness (QED) is 0.895. The van der Waals surface area contributed by atoms with Crippen LogP contribution in [0.4, 0.5) is 0 Å². The van der Waals surface area contributed by atoms with Crippen LogP contribution in [0.1, 0.15) is 43.3 Å². The van der Waals surface area contributed by atoms with Crippen LogP contribution in [0.5, 0.6) is 0 Å².